The molecule has 0 aliphatic heterocycles. The molecule has 3 rings (SSSR count). The Labute approximate surface area is 101 Å². The Morgan fingerprint density at radius 2 is 2.35 bits per heavy atom. The predicted octanol–water partition coefficient (Wildman–Crippen LogP) is 1.70. The van der Waals surface area contributed by atoms with Gasteiger partial charge >= 0.3 is 0 Å². The van der Waals surface area contributed by atoms with E-state index in [1.54, 1.807) is 0 Å². The first-order valence-corrected chi connectivity index (χ1v) is 6.26. The maximum atomic E-state index is 11.8. The van der Waals surface area contributed by atoms with Crippen LogP contribution in [0.3, 0.4) is 0 Å². The standard InChI is InChI=1S/C10H11N5OS/c1-5-4-17-10(11-5)13-9(16)8-12-7(14-15-8)6-2-3-6/h4,6H,2-3H2,1H3,(H,11,13,16)(H,12,14,15). The van der Waals surface area contributed by atoms with Crippen molar-refractivity contribution in [1.82, 2.24) is 20.2 Å². The number of nitrogens with zero attached hydrogens (tertiary/aromatic N) is 3. The van der Waals surface area contributed by atoms with E-state index in [1.807, 2.05) is 12.3 Å². The number of carbonyl (C=O) groups is 1. The fourth-order valence-electron chi connectivity index (χ4n) is 1.48. The van der Waals surface area contributed by atoms with Crippen LogP contribution in [0.1, 0.15) is 40.9 Å². The summed E-state index contributed by atoms with van der Waals surface area (Å²) in [5, 5.41) is 11.8. The molecule has 0 unspecified atom stereocenters. The summed E-state index contributed by atoms with van der Waals surface area (Å²) in [4.78, 5) is 20.1. The Hall–Kier alpha value is -1.76. The number of thiazole rings is 1. The third-order valence-electron chi connectivity index (χ3n) is 2.51. The number of rotatable bonds is 3. The van der Waals surface area contributed by atoms with Gasteiger partial charge in [-0.2, -0.15) is 0 Å². The smallest absolute Gasteiger partial charge is 0.295 e. The van der Waals surface area contributed by atoms with Crippen molar-refractivity contribution in [3.05, 3.63) is 22.7 Å². The number of hydrogen-bond donors (Lipinski definition) is 2. The minimum atomic E-state index is -0.317. The van der Waals surface area contributed by atoms with E-state index < -0.39 is 0 Å². The summed E-state index contributed by atoms with van der Waals surface area (Å²) in [6, 6.07) is 0. The lowest BCUT2D eigenvalue weighted by Gasteiger charge is -1.95. The van der Waals surface area contributed by atoms with Gasteiger partial charge in [0.05, 0.1) is 5.69 Å². The molecule has 7 heteroatoms. The zero-order valence-electron chi connectivity index (χ0n) is 9.23. The van der Waals surface area contributed by atoms with Gasteiger partial charge in [0.2, 0.25) is 5.82 Å². The third kappa shape index (κ3) is 2.19. The molecule has 1 fully saturated rings. The van der Waals surface area contributed by atoms with Crippen molar-refractivity contribution in [2.45, 2.75) is 25.7 Å². The molecule has 2 heterocycles. The molecule has 0 atom stereocenters. The van der Waals surface area contributed by atoms with Crippen LogP contribution < -0.4 is 5.32 Å². The van der Waals surface area contributed by atoms with Crippen molar-refractivity contribution >= 4 is 22.4 Å². The molecule has 0 radical (unpaired) electrons. The van der Waals surface area contributed by atoms with Crippen molar-refractivity contribution < 1.29 is 4.79 Å². The molecule has 1 aliphatic rings. The second kappa shape index (κ2) is 3.92. The summed E-state index contributed by atoms with van der Waals surface area (Å²) in [6.07, 6.45) is 2.25. The van der Waals surface area contributed by atoms with Crippen LogP contribution in [0, 0.1) is 6.92 Å². The average Bonchev–Trinajstić information content (AvgIpc) is 2.88. The number of hydrogen-bond acceptors (Lipinski definition) is 5. The number of amides is 1. The molecule has 1 saturated carbocycles. The van der Waals surface area contributed by atoms with Gasteiger partial charge in [-0.15, -0.1) is 16.4 Å². The highest BCUT2D eigenvalue weighted by Gasteiger charge is 2.28. The molecule has 17 heavy (non-hydrogen) atoms. The highest BCUT2D eigenvalue weighted by atomic mass is 32.1. The third-order valence-corrected chi connectivity index (χ3v) is 3.38. The van der Waals surface area contributed by atoms with Crippen molar-refractivity contribution in [2.24, 2.45) is 0 Å². The van der Waals surface area contributed by atoms with E-state index in [4.69, 9.17) is 0 Å². The number of aromatic nitrogens is 4. The predicted molar refractivity (Wildman–Crippen MR) is 63.2 cm³/mol. The van der Waals surface area contributed by atoms with Crippen LogP contribution >= 0.6 is 11.3 Å². The van der Waals surface area contributed by atoms with Crippen LogP contribution in [0.15, 0.2) is 5.38 Å². The second-order valence-electron chi connectivity index (χ2n) is 4.07. The Balaban J connectivity index is 1.72. The van der Waals surface area contributed by atoms with E-state index in [1.165, 1.54) is 11.3 Å². The number of aryl methyl sites for hydroxylation is 1. The fraction of sp³-hybridized carbons (Fsp3) is 0.400. The van der Waals surface area contributed by atoms with Crippen LogP contribution in [-0.4, -0.2) is 26.1 Å². The monoisotopic (exact) mass is 249 g/mol. The SMILES string of the molecule is Cc1csc(NC(=O)c2n[nH]c(C3CC3)n2)n1. The first kappa shape index (κ1) is 10.4. The topological polar surface area (TPSA) is 83.6 Å². The van der Waals surface area contributed by atoms with E-state index in [0.717, 1.165) is 24.4 Å². The lowest BCUT2D eigenvalue weighted by atomic mass is 10.4. The number of anilines is 1. The molecule has 0 saturated heterocycles. The second-order valence-corrected chi connectivity index (χ2v) is 4.92. The molecule has 2 aromatic heterocycles. The molecule has 2 N–H and O–H groups in total. The fourth-order valence-corrected chi connectivity index (χ4v) is 2.16. The molecule has 0 spiro atoms. The quantitative estimate of drug-likeness (QED) is 0.867. The Morgan fingerprint density at radius 1 is 1.53 bits per heavy atom. The minimum absolute atomic E-state index is 0.180. The van der Waals surface area contributed by atoms with E-state index >= 15 is 0 Å². The molecule has 88 valence electrons. The van der Waals surface area contributed by atoms with Crippen LogP contribution in [-0.2, 0) is 0 Å². The van der Waals surface area contributed by atoms with E-state index in [2.05, 4.69) is 25.5 Å². The summed E-state index contributed by atoms with van der Waals surface area (Å²) in [5.41, 5.74) is 0.888. The molecule has 6 nitrogen and oxygen atoms in total. The number of H-pyrrole nitrogens is 1. The zero-order chi connectivity index (χ0) is 11.8. The average molecular weight is 249 g/mol. The molecule has 1 aliphatic carbocycles. The summed E-state index contributed by atoms with van der Waals surface area (Å²) in [7, 11) is 0. The van der Waals surface area contributed by atoms with Gasteiger partial charge < -0.3 is 0 Å². The molecule has 2 aromatic rings. The summed E-state index contributed by atoms with van der Waals surface area (Å²) in [6.45, 7) is 1.88. The minimum Gasteiger partial charge on any atom is -0.295 e. The van der Waals surface area contributed by atoms with E-state index in [-0.39, 0.29) is 11.7 Å². The first-order chi connectivity index (χ1) is 8.22. The Morgan fingerprint density at radius 3 is 3.00 bits per heavy atom. The highest BCUT2D eigenvalue weighted by molar-refractivity contribution is 7.13. The normalized spacial score (nSPS) is 14.9. The summed E-state index contributed by atoms with van der Waals surface area (Å²) >= 11 is 1.39. The number of nitrogens with one attached hydrogen (secondary N) is 2. The summed E-state index contributed by atoms with van der Waals surface area (Å²) in [5.74, 6) is 1.14. The van der Waals surface area contributed by atoms with Crippen molar-refractivity contribution in [3.8, 4) is 0 Å². The van der Waals surface area contributed by atoms with Gasteiger partial charge in [-0.25, -0.2) is 9.97 Å². The number of carbonyl (C=O) groups excluding carboxylic acids is 1. The highest BCUT2D eigenvalue weighted by Crippen LogP contribution is 2.37. The Bertz CT molecular complexity index is 557. The van der Waals surface area contributed by atoms with Gasteiger partial charge in [-0.1, -0.05) is 0 Å². The van der Waals surface area contributed by atoms with Gasteiger partial charge in [0.15, 0.2) is 5.13 Å². The van der Waals surface area contributed by atoms with Crippen molar-refractivity contribution in [2.75, 3.05) is 5.32 Å². The van der Waals surface area contributed by atoms with Crippen LogP contribution in [0.4, 0.5) is 5.13 Å². The maximum Gasteiger partial charge on any atom is 0.297 e. The van der Waals surface area contributed by atoms with Gasteiger partial charge in [-0.05, 0) is 19.8 Å². The van der Waals surface area contributed by atoms with Crippen LogP contribution in [0.2, 0.25) is 0 Å². The van der Waals surface area contributed by atoms with Crippen LogP contribution in [0.25, 0.3) is 0 Å². The van der Waals surface area contributed by atoms with Crippen molar-refractivity contribution in [3.63, 3.8) is 0 Å². The Kier molecular flexibility index (Phi) is 2.40. The lowest BCUT2D eigenvalue weighted by Crippen LogP contribution is -2.13. The molecular weight excluding hydrogens is 238 g/mol. The maximum absolute atomic E-state index is 11.8. The van der Waals surface area contributed by atoms with E-state index in [0.29, 0.717) is 11.0 Å². The molecule has 0 bridgehead atoms. The zero-order valence-corrected chi connectivity index (χ0v) is 10.0. The van der Waals surface area contributed by atoms with Gasteiger partial charge in [0.1, 0.15) is 5.82 Å². The number of aromatic amines is 1. The molecule has 0 aromatic carbocycles. The molecule has 1 amide bonds. The van der Waals surface area contributed by atoms with E-state index in [9.17, 15) is 4.79 Å². The van der Waals surface area contributed by atoms with Gasteiger partial charge in [-0.3, -0.25) is 15.2 Å². The summed E-state index contributed by atoms with van der Waals surface area (Å²) < 4.78 is 0. The van der Waals surface area contributed by atoms with Gasteiger partial charge in [0.25, 0.3) is 5.91 Å². The first-order valence-electron chi connectivity index (χ1n) is 5.38. The largest absolute Gasteiger partial charge is 0.297 e. The lowest BCUT2D eigenvalue weighted by molar-refractivity contribution is 0.101. The molecular formula is C10H11N5OS. The van der Waals surface area contributed by atoms with Crippen LogP contribution in [0.5, 0.6) is 0 Å². The van der Waals surface area contributed by atoms with Crippen molar-refractivity contribution in [1.29, 1.82) is 0 Å². The van der Waals surface area contributed by atoms with Gasteiger partial charge in [0, 0.05) is 11.3 Å².